The van der Waals surface area contributed by atoms with Gasteiger partial charge in [-0.1, -0.05) is 18.2 Å². The Labute approximate surface area is 138 Å². The molecule has 2 rings (SSSR count). The van der Waals surface area contributed by atoms with E-state index < -0.39 is 20.9 Å². The summed E-state index contributed by atoms with van der Waals surface area (Å²) < 4.78 is 30.7. The molecular formula is C15H14N2O6S. The van der Waals surface area contributed by atoms with Crippen LogP contribution in [0.25, 0.3) is 0 Å². The van der Waals surface area contributed by atoms with Crippen LogP contribution in [-0.4, -0.2) is 26.4 Å². The van der Waals surface area contributed by atoms with E-state index in [1.165, 1.54) is 49.5 Å². The first-order valence-corrected chi connectivity index (χ1v) is 8.26. The number of nitro benzene ring substituents is 1. The lowest BCUT2D eigenvalue weighted by Gasteiger charge is -2.07. The molecule has 0 saturated carbocycles. The van der Waals surface area contributed by atoms with Gasteiger partial charge in [0.05, 0.1) is 20.9 Å². The van der Waals surface area contributed by atoms with Gasteiger partial charge in [0.1, 0.15) is 6.61 Å². The quantitative estimate of drug-likeness (QED) is 0.483. The predicted molar refractivity (Wildman–Crippen MR) is 84.9 cm³/mol. The zero-order chi connectivity index (χ0) is 17.7. The number of hydrogen-bond acceptors (Lipinski definition) is 6. The molecule has 0 bridgehead atoms. The van der Waals surface area contributed by atoms with E-state index in [1.807, 2.05) is 0 Å². The number of nitrogens with one attached hydrogen (secondary N) is 1. The Morgan fingerprint density at radius 3 is 2.58 bits per heavy atom. The second-order valence-electron chi connectivity index (χ2n) is 4.70. The Morgan fingerprint density at radius 1 is 1.21 bits per heavy atom. The van der Waals surface area contributed by atoms with E-state index in [1.54, 1.807) is 6.07 Å². The van der Waals surface area contributed by atoms with Crippen LogP contribution < -0.4 is 4.72 Å². The van der Waals surface area contributed by atoms with Gasteiger partial charge in [0, 0.05) is 6.07 Å². The fraction of sp³-hybridized carbons (Fsp3) is 0.133. The number of ether oxygens (including phenoxy) is 1. The maximum absolute atomic E-state index is 12.1. The van der Waals surface area contributed by atoms with E-state index in [9.17, 15) is 23.3 Å². The van der Waals surface area contributed by atoms with Gasteiger partial charge in [-0.25, -0.2) is 17.9 Å². The van der Waals surface area contributed by atoms with Crippen LogP contribution in [-0.2, 0) is 21.4 Å². The Hall–Kier alpha value is -2.78. The fourth-order valence-electron chi connectivity index (χ4n) is 1.95. The largest absolute Gasteiger partial charge is 0.457 e. The van der Waals surface area contributed by atoms with Crippen molar-refractivity contribution >= 4 is 21.7 Å². The second-order valence-corrected chi connectivity index (χ2v) is 6.58. The first-order valence-electron chi connectivity index (χ1n) is 6.78. The average Bonchev–Trinajstić information content (AvgIpc) is 2.59. The molecule has 2 aromatic carbocycles. The van der Waals surface area contributed by atoms with Crippen LogP contribution in [0.1, 0.15) is 15.9 Å². The maximum Gasteiger partial charge on any atom is 0.338 e. The monoisotopic (exact) mass is 350 g/mol. The van der Waals surface area contributed by atoms with Crippen molar-refractivity contribution in [2.75, 3.05) is 7.05 Å². The Kier molecular flexibility index (Phi) is 5.27. The molecule has 1 N–H and O–H groups in total. The van der Waals surface area contributed by atoms with Crippen LogP contribution in [0.2, 0.25) is 0 Å². The number of sulfonamides is 1. The highest BCUT2D eigenvalue weighted by Gasteiger charge is 2.17. The third-order valence-corrected chi connectivity index (χ3v) is 4.61. The molecule has 0 atom stereocenters. The first kappa shape index (κ1) is 17.6. The molecule has 0 fully saturated rings. The summed E-state index contributed by atoms with van der Waals surface area (Å²) in [6, 6.07) is 11.2. The van der Waals surface area contributed by atoms with Gasteiger partial charge in [-0.3, -0.25) is 10.1 Å². The minimum atomic E-state index is -3.69. The van der Waals surface area contributed by atoms with Gasteiger partial charge in [0.15, 0.2) is 0 Å². The number of nitro groups is 1. The predicted octanol–water partition coefficient (Wildman–Crippen LogP) is 1.86. The standard InChI is InChI=1S/C15H14N2O6S/c1-16-24(21,22)13-7-4-6-11(9-13)15(18)23-10-12-5-2-3-8-14(12)17(19)20/h2-9,16H,10H2,1H3. The molecule has 0 unspecified atom stereocenters. The molecule has 2 aromatic rings. The van der Waals surface area contributed by atoms with Crippen LogP contribution in [0.15, 0.2) is 53.4 Å². The summed E-state index contributed by atoms with van der Waals surface area (Å²) in [6.07, 6.45) is 0. The van der Waals surface area contributed by atoms with Crippen LogP contribution >= 0.6 is 0 Å². The van der Waals surface area contributed by atoms with Crippen molar-refractivity contribution in [2.45, 2.75) is 11.5 Å². The molecule has 0 amide bonds. The number of nitrogens with zero attached hydrogens (tertiary/aromatic N) is 1. The van der Waals surface area contributed by atoms with Crippen LogP contribution in [0.3, 0.4) is 0 Å². The van der Waals surface area contributed by atoms with Crippen molar-refractivity contribution in [3.05, 3.63) is 69.8 Å². The van der Waals surface area contributed by atoms with Gasteiger partial charge in [-0.15, -0.1) is 0 Å². The molecule has 0 radical (unpaired) electrons. The molecular weight excluding hydrogens is 336 g/mol. The summed E-state index contributed by atoms with van der Waals surface area (Å²) in [4.78, 5) is 22.3. The summed E-state index contributed by atoms with van der Waals surface area (Å²) in [7, 11) is -2.43. The highest BCUT2D eigenvalue weighted by Crippen LogP contribution is 2.19. The maximum atomic E-state index is 12.1. The Bertz CT molecular complexity index is 879. The highest BCUT2D eigenvalue weighted by molar-refractivity contribution is 7.89. The van der Waals surface area contributed by atoms with E-state index in [-0.39, 0.29) is 28.3 Å². The molecule has 8 nitrogen and oxygen atoms in total. The third-order valence-electron chi connectivity index (χ3n) is 3.20. The van der Waals surface area contributed by atoms with Crippen molar-refractivity contribution in [1.82, 2.24) is 4.72 Å². The van der Waals surface area contributed by atoms with Crippen LogP contribution in [0.4, 0.5) is 5.69 Å². The molecule has 0 aromatic heterocycles. The van der Waals surface area contributed by atoms with Crippen molar-refractivity contribution in [3.63, 3.8) is 0 Å². The van der Waals surface area contributed by atoms with Crippen LogP contribution in [0, 0.1) is 10.1 Å². The molecule has 0 heterocycles. The zero-order valence-corrected chi connectivity index (χ0v) is 13.4. The second kappa shape index (κ2) is 7.20. The molecule has 0 aliphatic rings. The molecule has 0 aliphatic carbocycles. The summed E-state index contributed by atoms with van der Waals surface area (Å²) in [5.74, 6) is -0.777. The van der Waals surface area contributed by atoms with Crippen molar-refractivity contribution in [1.29, 1.82) is 0 Å². The van der Waals surface area contributed by atoms with E-state index in [0.29, 0.717) is 0 Å². The third kappa shape index (κ3) is 3.94. The smallest absolute Gasteiger partial charge is 0.338 e. The molecule has 9 heteroatoms. The molecule has 0 saturated heterocycles. The lowest BCUT2D eigenvalue weighted by Crippen LogP contribution is -2.19. The lowest BCUT2D eigenvalue weighted by atomic mass is 10.2. The first-order chi connectivity index (χ1) is 11.3. The minimum Gasteiger partial charge on any atom is -0.457 e. The summed E-state index contributed by atoms with van der Waals surface area (Å²) in [5.41, 5.74) is 0.122. The SMILES string of the molecule is CNS(=O)(=O)c1cccc(C(=O)OCc2ccccc2[N+](=O)[O-])c1. The Balaban J connectivity index is 2.17. The van der Waals surface area contributed by atoms with Gasteiger partial charge in [-0.2, -0.15) is 0 Å². The number of rotatable bonds is 6. The fourth-order valence-corrected chi connectivity index (χ4v) is 2.72. The number of carbonyl (C=O) groups excluding carboxylic acids is 1. The van der Waals surface area contributed by atoms with E-state index in [4.69, 9.17) is 4.74 Å². The topological polar surface area (TPSA) is 116 Å². The molecule has 126 valence electrons. The lowest BCUT2D eigenvalue weighted by molar-refractivity contribution is -0.385. The highest BCUT2D eigenvalue weighted by atomic mass is 32.2. The number of benzene rings is 2. The normalized spacial score (nSPS) is 11.0. The van der Waals surface area contributed by atoms with Crippen LogP contribution in [0.5, 0.6) is 0 Å². The van der Waals surface area contributed by atoms with Crippen molar-refractivity contribution in [2.24, 2.45) is 0 Å². The summed E-state index contributed by atoms with van der Waals surface area (Å²) in [5, 5.41) is 10.9. The summed E-state index contributed by atoms with van der Waals surface area (Å²) in [6.45, 7) is -0.293. The zero-order valence-electron chi connectivity index (χ0n) is 12.6. The molecule has 24 heavy (non-hydrogen) atoms. The van der Waals surface area contributed by atoms with Gasteiger partial charge in [0.25, 0.3) is 5.69 Å². The van der Waals surface area contributed by atoms with Gasteiger partial charge >= 0.3 is 5.97 Å². The molecule has 0 aliphatic heterocycles. The van der Waals surface area contributed by atoms with Gasteiger partial charge in [-0.05, 0) is 31.3 Å². The average molecular weight is 350 g/mol. The van der Waals surface area contributed by atoms with Crippen molar-refractivity contribution in [3.8, 4) is 0 Å². The number of para-hydroxylation sites is 1. The van der Waals surface area contributed by atoms with E-state index >= 15 is 0 Å². The van der Waals surface area contributed by atoms with E-state index in [0.717, 1.165) is 0 Å². The van der Waals surface area contributed by atoms with Gasteiger partial charge < -0.3 is 4.74 Å². The Morgan fingerprint density at radius 2 is 1.92 bits per heavy atom. The number of carbonyl (C=O) groups is 1. The summed E-state index contributed by atoms with van der Waals surface area (Å²) >= 11 is 0. The van der Waals surface area contributed by atoms with Crippen molar-refractivity contribution < 1.29 is 22.9 Å². The molecule has 0 spiro atoms. The number of hydrogen-bond donors (Lipinski definition) is 1. The minimum absolute atomic E-state index is 0.0323. The van der Waals surface area contributed by atoms with E-state index in [2.05, 4.69) is 4.72 Å². The number of esters is 1. The van der Waals surface area contributed by atoms with Gasteiger partial charge in [0.2, 0.25) is 10.0 Å².